The SMILES string of the molecule is CN1CCN(Cc2cc(-c3ccc4[nH]cc(CC(=O)O)c4c3)ccc2F)C(c2cccnc2)C1. The third-order valence-electron chi connectivity index (χ3n) is 6.63. The van der Waals surface area contributed by atoms with Gasteiger partial charge in [0.15, 0.2) is 0 Å². The molecule has 1 unspecified atom stereocenters. The minimum Gasteiger partial charge on any atom is -0.481 e. The standard InChI is InChI=1S/C27H27FN4O2/c1-31-9-10-32(26(17-31)20-3-2-8-29-14-20)16-22-11-18(4-6-24(22)28)19-5-7-25-23(12-19)21(15-30-25)13-27(33)34/h2-8,11-12,14-15,26,30H,9-10,13,16-17H2,1H3,(H,33,34). The van der Waals surface area contributed by atoms with Gasteiger partial charge < -0.3 is 15.0 Å². The number of aromatic amines is 1. The number of nitrogens with one attached hydrogen (secondary N) is 1. The van der Waals surface area contributed by atoms with E-state index in [0.717, 1.165) is 52.8 Å². The third-order valence-corrected chi connectivity index (χ3v) is 6.63. The first kappa shape index (κ1) is 22.3. The minimum absolute atomic E-state index is 0.0444. The number of hydrogen-bond donors (Lipinski definition) is 2. The summed E-state index contributed by atoms with van der Waals surface area (Å²) >= 11 is 0. The molecule has 174 valence electrons. The summed E-state index contributed by atoms with van der Waals surface area (Å²) in [5.74, 6) is -1.09. The van der Waals surface area contributed by atoms with Gasteiger partial charge in [-0.15, -0.1) is 0 Å². The molecular formula is C27H27FN4O2. The average Bonchev–Trinajstić information content (AvgIpc) is 3.23. The van der Waals surface area contributed by atoms with Gasteiger partial charge in [-0.25, -0.2) is 4.39 Å². The van der Waals surface area contributed by atoms with E-state index in [-0.39, 0.29) is 18.3 Å². The van der Waals surface area contributed by atoms with Gasteiger partial charge in [-0.3, -0.25) is 14.7 Å². The van der Waals surface area contributed by atoms with Crippen LogP contribution >= 0.6 is 0 Å². The molecule has 34 heavy (non-hydrogen) atoms. The van der Waals surface area contributed by atoms with Gasteiger partial charge in [0.25, 0.3) is 0 Å². The Morgan fingerprint density at radius 1 is 1.15 bits per heavy atom. The second-order valence-corrected chi connectivity index (χ2v) is 8.99. The van der Waals surface area contributed by atoms with Crippen molar-refractivity contribution in [2.24, 2.45) is 0 Å². The molecule has 0 aliphatic carbocycles. The van der Waals surface area contributed by atoms with Crippen LogP contribution in [0.1, 0.15) is 22.7 Å². The quantitative estimate of drug-likeness (QED) is 0.446. The first-order chi connectivity index (χ1) is 16.5. The molecule has 7 heteroatoms. The number of aliphatic carboxylic acids is 1. The highest BCUT2D eigenvalue weighted by atomic mass is 19.1. The lowest BCUT2D eigenvalue weighted by molar-refractivity contribution is -0.136. The highest BCUT2D eigenvalue weighted by Crippen LogP contribution is 2.31. The molecule has 3 heterocycles. The number of nitrogens with zero attached hydrogens (tertiary/aromatic N) is 3. The molecule has 2 aromatic heterocycles. The molecule has 2 aromatic carbocycles. The zero-order valence-corrected chi connectivity index (χ0v) is 19.0. The van der Waals surface area contributed by atoms with E-state index in [1.54, 1.807) is 18.5 Å². The fourth-order valence-electron chi connectivity index (χ4n) is 4.80. The topological polar surface area (TPSA) is 72.5 Å². The Hall–Kier alpha value is -3.55. The molecule has 5 rings (SSSR count). The zero-order valence-electron chi connectivity index (χ0n) is 19.0. The summed E-state index contributed by atoms with van der Waals surface area (Å²) in [4.78, 5) is 23.2. The Labute approximate surface area is 197 Å². The van der Waals surface area contributed by atoms with Gasteiger partial charge in [-0.1, -0.05) is 18.2 Å². The Morgan fingerprint density at radius 3 is 2.76 bits per heavy atom. The fourth-order valence-corrected chi connectivity index (χ4v) is 4.80. The number of carbonyl (C=O) groups is 1. The van der Waals surface area contributed by atoms with Crippen LogP contribution in [0.3, 0.4) is 0 Å². The van der Waals surface area contributed by atoms with Gasteiger partial charge >= 0.3 is 5.97 Å². The van der Waals surface area contributed by atoms with Crippen LogP contribution in [0.5, 0.6) is 0 Å². The van der Waals surface area contributed by atoms with E-state index in [9.17, 15) is 14.3 Å². The Kier molecular flexibility index (Phi) is 6.13. The predicted molar refractivity (Wildman–Crippen MR) is 130 cm³/mol. The van der Waals surface area contributed by atoms with Crippen LogP contribution < -0.4 is 0 Å². The summed E-state index contributed by atoms with van der Waals surface area (Å²) in [7, 11) is 2.11. The molecule has 1 aliphatic rings. The van der Waals surface area contributed by atoms with E-state index in [2.05, 4.69) is 32.9 Å². The number of carboxylic acids is 1. The summed E-state index contributed by atoms with van der Waals surface area (Å²) in [6, 6.07) is 15.3. The van der Waals surface area contributed by atoms with Crippen molar-refractivity contribution in [2.45, 2.75) is 19.0 Å². The van der Waals surface area contributed by atoms with E-state index in [4.69, 9.17) is 0 Å². The van der Waals surface area contributed by atoms with Crippen LogP contribution in [-0.2, 0) is 17.8 Å². The molecule has 0 spiro atoms. The van der Waals surface area contributed by atoms with Crippen molar-refractivity contribution >= 4 is 16.9 Å². The van der Waals surface area contributed by atoms with Crippen molar-refractivity contribution in [1.29, 1.82) is 0 Å². The number of hydrogen-bond acceptors (Lipinski definition) is 4. The van der Waals surface area contributed by atoms with Crippen molar-refractivity contribution in [2.75, 3.05) is 26.7 Å². The minimum atomic E-state index is -0.870. The molecule has 0 bridgehead atoms. The molecule has 1 fully saturated rings. The summed E-state index contributed by atoms with van der Waals surface area (Å²) < 4.78 is 14.9. The number of halogens is 1. The van der Waals surface area contributed by atoms with Crippen molar-refractivity contribution < 1.29 is 14.3 Å². The zero-order chi connectivity index (χ0) is 23.7. The van der Waals surface area contributed by atoms with Gasteiger partial charge in [-0.05, 0) is 59.6 Å². The number of benzene rings is 2. The number of pyridine rings is 1. The van der Waals surface area contributed by atoms with E-state index in [1.807, 2.05) is 36.5 Å². The van der Waals surface area contributed by atoms with Crippen LogP contribution in [0.4, 0.5) is 4.39 Å². The maximum atomic E-state index is 14.9. The molecule has 0 amide bonds. The van der Waals surface area contributed by atoms with Crippen LogP contribution in [0.15, 0.2) is 67.1 Å². The van der Waals surface area contributed by atoms with E-state index < -0.39 is 5.97 Å². The Balaban J connectivity index is 1.45. The van der Waals surface area contributed by atoms with Gasteiger partial charge in [0.2, 0.25) is 0 Å². The average molecular weight is 459 g/mol. The second kappa shape index (κ2) is 9.37. The fraction of sp³-hybridized carbons (Fsp3) is 0.259. The number of carboxylic acid groups (broad SMARTS) is 1. The molecule has 2 N–H and O–H groups in total. The van der Waals surface area contributed by atoms with E-state index >= 15 is 0 Å². The number of rotatable bonds is 6. The summed E-state index contributed by atoms with van der Waals surface area (Å²) in [5.41, 5.74) is 5.25. The predicted octanol–water partition coefficient (Wildman–Crippen LogP) is 4.48. The lowest BCUT2D eigenvalue weighted by Crippen LogP contribution is -2.46. The highest BCUT2D eigenvalue weighted by molar-refractivity contribution is 5.90. The lowest BCUT2D eigenvalue weighted by Gasteiger charge is -2.40. The number of aromatic nitrogens is 2. The molecule has 1 aliphatic heterocycles. The Morgan fingerprint density at radius 2 is 1.97 bits per heavy atom. The molecule has 4 aromatic rings. The second-order valence-electron chi connectivity index (χ2n) is 8.99. The van der Waals surface area contributed by atoms with E-state index in [0.29, 0.717) is 12.1 Å². The monoisotopic (exact) mass is 458 g/mol. The molecule has 0 radical (unpaired) electrons. The number of H-pyrrole nitrogens is 1. The van der Waals surface area contributed by atoms with Gasteiger partial charge in [0.1, 0.15) is 5.82 Å². The highest BCUT2D eigenvalue weighted by Gasteiger charge is 2.27. The van der Waals surface area contributed by atoms with Crippen molar-refractivity contribution in [3.05, 3.63) is 89.6 Å². The number of fused-ring (bicyclic) bond motifs is 1. The van der Waals surface area contributed by atoms with Crippen molar-refractivity contribution in [3.8, 4) is 11.1 Å². The largest absolute Gasteiger partial charge is 0.481 e. The number of likely N-dealkylation sites (N-methyl/N-ethyl adjacent to an activating group) is 1. The van der Waals surface area contributed by atoms with Gasteiger partial charge in [-0.2, -0.15) is 0 Å². The normalized spacial score (nSPS) is 17.3. The third kappa shape index (κ3) is 4.58. The first-order valence-electron chi connectivity index (χ1n) is 11.4. The van der Waals surface area contributed by atoms with Crippen LogP contribution in [-0.4, -0.2) is 57.5 Å². The van der Waals surface area contributed by atoms with Gasteiger partial charge in [0.05, 0.1) is 6.42 Å². The van der Waals surface area contributed by atoms with Gasteiger partial charge in [0, 0.05) is 67.3 Å². The van der Waals surface area contributed by atoms with Crippen LogP contribution in [0.2, 0.25) is 0 Å². The van der Waals surface area contributed by atoms with Crippen molar-refractivity contribution in [3.63, 3.8) is 0 Å². The molecule has 1 saturated heterocycles. The maximum absolute atomic E-state index is 14.9. The van der Waals surface area contributed by atoms with E-state index in [1.165, 1.54) is 6.07 Å². The first-order valence-corrected chi connectivity index (χ1v) is 11.4. The lowest BCUT2D eigenvalue weighted by atomic mass is 9.98. The molecule has 0 saturated carbocycles. The molecule has 1 atom stereocenters. The van der Waals surface area contributed by atoms with Crippen LogP contribution in [0, 0.1) is 5.82 Å². The van der Waals surface area contributed by atoms with Crippen molar-refractivity contribution in [1.82, 2.24) is 19.8 Å². The molecular weight excluding hydrogens is 431 g/mol. The van der Waals surface area contributed by atoms with Crippen LogP contribution in [0.25, 0.3) is 22.0 Å². The summed E-state index contributed by atoms with van der Waals surface area (Å²) in [6.07, 6.45) is 5.36. The summed E-state index contributed by atoms with van der Waals surface area (Å²) in [5, 5.41) is 10.1. The molecule has 6 nitrogen and oxygen atoms in total. The Bertz CT molecular complexity index is 1320. The number of piperazine rings is 1. The smallest absolute Gasteiger partial charge is 0.307 e. The summed E-state index contributed by atoms with van der Waals surface area (Å²) in [6.45, 7) is 3.13. The maximum Gasteiger partial charge on any atom is 0.307 e.